The first-order chi connectivity index (χ1) is 3.63. The van der Waals surface area contributed by atoms with Crippen LogP contribution in [0.15, 0.2) is 0 Å². The molecule has 0 aromatic heterocycles. The normalized spacial score (nSPS) is 14.2. The van der Waals surface area contributed by atoms with Crippen molar-refractivity contribution in [3.05, 3.63) is 0 Å². The molecule has 0 aliphatic carbocycles. The summed E-state index contributed by atoms with van der Waals surface area (Å²) in [5.41, 5.74) is 0. The number of hydrogen-bond donors (Lipinski definition) is 0. The van der Waals surface area contributed by atoms with Crippen LogP contribution < -0.4 is 0 Å². The maximum absolute atomic E-state index is 10.4. The van der Waals surface area contributed by atoms with E-state index in [1.165, 1.54) is 0 Å². The third kappa shape index (κ3) is 17.0. The summed E-state index contributed by atoms with van der Waals surface area (Å²) in [6.07, 6.45) is 1.33. The summed E-state index contributed by atoms with van der Waals surface area (Å²) in [5, 5.41) is 0. The van der Waals surface area contributed by atoms with Gasteiger partial charge in [-0.3, -0.25) is 0 Å². The zero-order valence-corrected chi connectivity index (χ0v) is 14.1. The van der Waals surface area contributed by atoms with Crippen molar-refractivity contribution in [2.45, 2.75) is 0 Å². The summed E-state index contributed by atoms with van der Waals surface area (Å²) in [6, 6.07) is 0. The zero-order valence-electron chi connectivity index (χ0n) is 6.39. The van der Waals surface area contributed by atoms with Crippen molar-refractivity contribution in [1.82, 2.24) is 0 Å². The summed E-state index contributed by atoms with van der Waals surface area (Å²) >= 11 is 0. The maximum atomic E-state index is 10.4. The summed E-state index contributed by atoms with van der Waals surface area (Å²) in [4.78, 5) is 0. The molecule has 10 heavy (non-hydrogen) atoms. The molecule has 56 valence electrons. The van der Waals surface area contributed by atoms with E-state index in [9.17, 15) is 9.13 Å². The SMILES string of the molecule is C[PH](=O)CC[PH](C)=O.[Y].[Y]. The van der Waals surface area contributed by atoms with E-state index in [-0.39, 0.29) is 65.4 Å². The molecule has 0 aromatic rings. The molecule has 0 aromatic carbocycles. The van der Waals surface area contributed by atoms with Gasteiger partial charge in [-0.25, -0.2) is 0 Å². The molecule has 0 saturated carbocycles. The maximum Gasteiger partial charge on any atom is 0.0737 e. The van der Waals surface area contributed by atoms with E-state index in [2.05, 4.69) is 0 Å². The Hall–Kier alpha value is 2.67. The fourth-order valence-electron chi connectivity index (χ4n) is 0.352. The average Bonchev–Trinajstić information content (AvgIpc) is 1.61. The molecule has 0 aliphatic heterocycles. The fourth-order valence-corrected chi connectivity index (χ4v) is 3.17. The van der Waals surface area contributed by atoms with Gasteiger partial charge in [-0.05, 0) is 13.3 Å². The van der Waals surface area contributed by atoms with E-state index in [1.54, 1.807) is 13.3 Å². The summed E-state index contributed by atoms with van der Waals surface area (Å²) in [5.74, 6) is 0. The Balaban J connectivity index is -0.000000245. The van der Waals surface area contributed by atoms with Crippen molar-refractivity contribution in [3.63, 3.8) is 0 Å². The van der Waals surface area contributed by atoms with Gasteiger partial charge in [-0.15, -0.1) is 0 Å². The van der Waals surface area contributed by atoms with Gasteiger partial charge in [0.05, 0.1) is 15.6 Å². The number of rotatable bonds is 3. The van der Waals surface area contributed by atoms with Gasteiger partial charge >= 0.3 is 0 Å². The molecule has 0 saturated heterocycles. The first-order valence-electron chi connectivity index (χ1n) is 2.62. The predicted molar refractivity (Wildman–Crippen MR) is 39.6 cm³/mol. The Morgan fingerprint density at radius 2 is 1.10 bits per heavy atom. The van der Waals surface area contributed by atoms with E-state index in [1.807, 2.05) is 0 Å². The largest absolute Gasteiger partial charge is 0.327 e. The number of hydrogen-bond acceptors (Lipinski definition) is 2. The molecule has 2 atom stereocenters. The van der Waals surface area contributed by atoms with Crippen LogP contribution in [0.5, 0.6) is 0 Å². The van der Waals surface area contributed by atoms with Crippen molar-refractivity contribution in [3.8, 4) is 0 Å². The first-order valence-corrected chi connectivity index (χ1v) is 6.85. The second-order valence-corrected chi connectivity index (χ2v) is 5.71. The monoisotopic (exact) mass is 332 g/mol. The minimum absolute atomic E-state index is 0. The molecule has 6 heteroatoms. The van der Waals surface area contributed by atoms with Crippen LogP contribution in [0, 0.1) is 0 Å². The Bertz CT molecular complexity index is 104. The Morgan fingerprint density at radius 1 is 0.900 bits per heavy atom. The Labute approximate surface area is 114 Å². The minimum Gasteiger partial charge on any atom is -0.327 e. The average molecular weight is 332 g/mol. The van der Waals surface area contributed by atoms with Gasteiger partial charge in [0, 0.05) is 77.7 Å². The Morgan fingerprint density at radius 3 is 1.20 bits per heavy atom. The molecular formula is C4H12O2P2Y2. The summed E-state index contributed by atoms with van der Waals surface area (Å²) < 4.78 is 20.8. The third-order valence-corrected chi connectivity index (χ3v) is 3.24. The fraction of sp³-hybridized carbons (Fsp3) is 1.00. The standard InChI is InChI=1S/C4H12O2P2.2Y/c1-7(5)3-4-8(2)6;;/h7-8H,3-4H2,1-2H3;;. The van der Waals surface area contributed by atoms with Crippen LogP contribution in [0.1, 0.15) is 0 Å². The van der Waals surface area contributed by atoms with Crippen LogP contribution in [0.3, 0.4) is 0 Å². The van der Waals surface area contributed by atoms with Crippen molar-refractivity contribution in [1.29, 1.82) is 0 Å². The summed E-state index contributed by atoms with van der Waals surface area (Å²) in [6.45, 7) is 3.41. The van der Waals surface area contributed by atoms with E-state index < -0.39 is 15.6 Å². The molecule has 0 rings (SSSR count). The van der Waals surface area contributed by atoms with E-state index >= 15 is 0 Å². The topological polar surface area (TPSA) is 34.1 Å². The van der Waals surface area contributed by atoms with Crippen LogP contribution in [-0.4, -0.2) is 25.7 Å². The van der Waals surface area contributed by atoms with Crippen molar-refractivity contribution < 1.29 is 74.5 Å². The molecule has 2 unspecified atom stereocenters. The molecular weight excluding hydrogens is 320 g/mol. The molecule has 0 amide bonds. The molecule has 0 N–H and O–H groups in total. The Kier molecular flexibility index (Phi) is 21.5. The van der Waals surface area contributed by atoms with Crippen molar-refractivity contribution in [2.75, 3.05) is 25.7 Å². The van der Waals surface area contributed by atoms with Gasteiger partial charge in [0.25, 0.3) is 0 Å². The quantitative estimate of drug-likeness (QED) is 0.732. The van der Waals surface area contributed by atoms with Crippen LogP contribution in [0.2, 0.25) is 0 Å². The molecule has 0 fully saturated rings. The van der Waals surface area contributed by atoms with Crippen LogP contribution in [0.4, 0.5) is 0 Å². The van der Waals surface area contributed by atoms with Crippen LogP contribution >= 0.6 is 15.6 Å². The predicted octanol–water partition coefficient (Wildman–Crippen LogP) is 1.36. The van der Waals surface area contributed by atoms with Crippen molar-refractivity contribution in [2.24, 2.45) is 0 Å². The molecule has 0 spiro atoms. The molecule has 0 bridgehead atoms. The second kappa shape index (κ2) is 11.7. The molecule has 2 radical (unpaired) electrons. The van der Waals surface area contributed by atoms with E-state index in [0.717, 1.165) is 0 Å². The second-order valence-electron chi connectivity index (χ2n) is 1.90. The van der Waals surface area contributed by atoms with Gasteiger partial charge in [0.15, 0.2) is 0 Å². The molecule has 2 nitrogen and oxygen atoms in total. The summed E-state index contributed by atoms with van der Waals surface area (Å²) in [7, 11) is -2.71. The van der Waals surface area contributed by atoms with Crippen LogP contribution in [-0.2, 0) is 74.5 Å². The first kappa shape index (κ1) is 18.5. The van der Waals surface area contributed by atoms with Gasteiger partial charge in [0.2, 0.25) is 0 Å². The van der Waals surface area contributed by atoms with Gasteiger partial charge < -0.3 is 9.13 Å². The van der Waals surface area contributed by atoms with Gasteiger partial charge in [-0.1, -0.05) is 0 Å². The minimum atomic E-state index is -1.35. The van der Waals surface area contributed by atoms with Gasteiger partial charge in [0.1, 0.15) is 0 Å². The van der Waals surface area contributed by atoms with Crippen LogP contribution in [0.25, 0.3) is 0 Å². The van der Waals surface area contributed by atoms with E-state index in [4.69, 9.17) is 0 Å². The molecule has 0 aliphatic rings. The molecule has 0 heterocycles. The van der Waals surface area contributed by atoms with E-state index in [0.29, 0.717) is 12.3 Å². The van der Waals surface area contributed by atoms with Crippen molar-refractivity contribution >= 4 is 15.6 Å². The smallest absolute Gasteiger partial charge is 0.0737 e. The third-order valence-electron chi connectivity index (χ3n) is 0.829. The van der Waals surface area contributed by atoms with Gasteiger partial charge in [-0.2, -0.15) is 0 Å². The zero-order chi connectivity index (χ0) is 6.57.